The molecule has 104 valence electrons. The maximum Gasteiger partial charge on any atom is 0.182 e. The molecule has 1 aliphatic heterocycles. The second-order valence-electron chi connectivity index (χ2n) is 4.25. The Morgan fingerprint density at radius 2 is 2.15 bits per heavy atom. The molecule has 0 bridgehead atoms. The summed E-state index contributed by atoms with van der Waals surface area (Å²) in [6.45, 7) is 1.06. The number of nitrogens with one attached hydrogen (secondary N) is 1. The Bertz CT molecular complexity index is 647. The number of anilines is 1. The van der Waals surface area contributed by atoms with E-state index in [-0.39, 0.29) is 0 Å². The van der Waals surface area contributed by atoms with E-state index in [1.807, 2.05) is 0 Å². The SMILES string of the molecule is NNc1nc(-c2ncc(Cl)cc2Cl)nc2c1COCC2. The van der Waals surface area contributed by atoms with Crippen LogP contribution in [0.3, 0.4) is 0 Å². The third-order valence-corrected chi connectivity index (χ3v) is 3.47. The minimum absolute atomic E-state index is 0.396. The molecule has 0 saturated heterocycles. The molecule has 0 aliphatic carbocycles. The van der Waals surface area contributed by atoms with Gasteiger partial charge in [0.05, 0.1) is 29.0 Å². The van der Waals surface area contributed by atoms with Gasteiger partial charge in [-0.15, -0.1) is 0 Å². The predicted octanol–water partition coefficient (Wildman–Crippen LogP) is 2.20. The van der Waals surface area contributed by atoms with Crippen LogP contribution in [0, 0.1) is 0 Å². The molecule has 3 rings (SSSR count). The maximum absolute atomic E-state index is 6.14. The lowest BCUT2D eigenvalue weighted by Gasteiger charge is -2.19. The van der Waals surface area contributed by atoms with Crippen LogP contribution < -0.4 is 11.3 Å². The summed E-state index contributed by atoms with van der Waals surface area (Å²) in [4.78, 5) is 13.0. The Labute approximate surface area is 125 Å². The first kappa shape index (κ1) is 13.5. The van der Waals surface area contributed by atoms with Gasteiger partial charge in [0.1, 0.15) is 11.5 Å². The number of fused-ring (bicyclic) bond motifs is 1. The van der Waals surface area contributed by atoms with Crippen molar-refractivity contribution >= 4 is 29.0 Å². The summed E-state index contributed by atoms with van der Waals surface area (Å²) in [5.74, 6) is 6.46. The molecule has 0 unspecified atom stereocenters. The number of halogens is 2. The molecule has 8 heteroatoms. The molecule has 0 aromatic carbocycles. The largest absolute Gasteiger partial charge is 0.376 e. The number of ether oxygens (including phenoxy) is 1. The summed E-state index contributed by atoms with van der Waals surface area (Å²) in [6.07, 6.45) is 2.20. The highest BCUT2D eigenvalue weighted by Crippen LogP contribution is 2.29. The maximum atomic E-state index is 6.14. The second-order valence-corrected chi connectivity index (χ2v) is 5.10. The predicted molar refractivity (Wildman–Crippen MR) is 76.5 cm³/mol. The molecule has 0 fully saturated rings. The number of nitrogens with zero attached hydrogens (tertiary/aromatic N) is 3. The van der Waals surface area contributed by atoms with E-state index < -0.39 is 0 Å². The summed E-state index contributed by atoms with van der Waals surface area (Å²) in [5.41, 5.74) is 4.80. The van der Waals surface area contributed by atoms with Gasteiger partial charge in [-0.2, -0.15) is 0 Å². The van der Waals surface area contributed by atoms with Gasteiger partial charge in [-0.05, 0) is 6.07 Å². The molecular weight excluding hydrogens is 301 g/mol. The van der Waals surface area contributed by atoms with Gasteiger partial charge < -0.3 is 10.2 Å². The number of hydrogen-bond donors (Lipinski definition) is 2. The molecule has 3 heterocycles. The number of pyridine rings is 1. The molecule has 1 aliphatic rings. The zero-order chi connectivity index (χ0) is 14.1. The van der Waals surface area contributed by atoms with Crippen molar-refractivity contribution in [2.75, 3.05) is 12.0 Å². The number of nitrogen functional groups attached to an aromatic ring is 1. The molecule has 0 saturated carbocycles. The molecule has 0 radical (unpaired) electrons. The summed E-state index contributed by atoms with van der Waals surface area (Å²) in [7, 11) is 0. The van der Waals surface area contributed by atoms with E-state index in [2.05, 4.69) is 20.4 Å². The van der Waals surface area contributed by atoms with Crippen molar-refractivity contribution < 1.29 is 4.74 Å². The van der Waals surface area contributed by atoms with Gasteiger partial charge in [-0.1, -0.05) is 23.2 Å². The van der Waals surface area contributed by atoms with Gasteiger partial charge in [0.2, 0.25) is 0 Å². The highest BCUT2D eigenvalue weighted by atomic mass is 35.5. The Kier molecular flexibility index (Phi) is 3.71. The fraction of sp³-hybridized carbons (Fsp3) is 0.250. The summed E-state index contributed by atoms with van der Waals surface area (Å²) in [5, 5.41) is 0.856. The molecule has 0 atom stereocenters. The summed E-state index contributed by atoms with van der Waals surface area (Å²) in [6, 6.07) is 1.60. The van der Waals surface area contributed by atoms with E-state index in [1.165, 1.54) is 6.20 Å². The molecule has 2 aromatic heterocycles. The third-order valence-electron chi connectivity index (χ3n) is 2.98. The van der Waals surface area contributed by atoms with Crippen LogP contribution in [0.15, 0.2) is 12.3 Å². The van der Waals surface area contributed by atoms with Crippen LogP contribution >= 0.6 is 23.2 Å². The van der Waals surface area contributed by atoms with Gasteiger partial charge in [0.15, 0.2) is 5.82 Å². The smallest absolute Gasteiger partial charge is 0.182 e. The number of nitrogens with two attached hydrogens (primary N) is 1. The van der Waals surface area contributed by atoms with E-state index >= 15 is 0 Å². The quantitative estimate of drug-likeness (QED) is 0.653. The number of hydrazine groups is 1. The average molecular weight is 312 g/mol. The van der Waals surface area contributed by atoms with Crippen LogP contribution in [0.4, 0.5) is 5.82 Å². The number of rotatable bonds is 2. The Balaban J connectivity index is 2.14. The van der Waals surface area contributed by atoms with Crippen LogP contribution in [0.5, 0.6) is 0 Å². The standard InChI is InChI=1S/C12H11Cl2N5O/c13-6-3-8(14)10(16-4-6)12-17-9-1-2-20-5-7(9)11(18-12)19-15/h3-4H,1-2,5,15H2,(H,17,18,19). The van der Waals surface area contributed by atoms with E-state index in [1.54, 1.807) is 6.07 Å². The molecular formula is C12H11Cl2N5O. The van der Waals surface area contributed by atoms with Gasteiger partial charge in [0, 0.05) is 18.2 Å². The molecule has 6 nitrogen and oxygen atoms in total. The van der Waals surface area contributed by atoms with Gasteiger partial charge >= 0.3 is 0 Å². The van der Waals surface area contributed by atoms with Gasteiger partial charge in [-0.3, -0.25) is 0 Å². The first-order chi connectivity index (χ1) is 9.69. The van der Waals surface area contributed by atoms with Crippen molar-refractivity contribution in [1.29, 1.82) is 0 Å². The van der Waals surface area contributed by atoms with Crippen LogP contribution in [-0.2, 0) is 17.8 Å². The Morgan fingerprint density at radius 3 is 2.90 bits per heavy atom. The van der Waals surface area contributed by atoms with Gasteiger partial charge in [0.25, 0.3) is 0 Å². The van der Waals surface area contributed by atoms with E-state index in [0.29, 0.717) is 47.0 Å². The lowest BCUT2D eigenvalue weighted by atomic mass is 10.1. The fourth-order valence-electron chi connectivity index (χ4n) is 2.04. The number of aromatic nitrogens is 3. The van der Waals surface area contributed by atoms with Crippen molar-refractivity contribution in [2.45, 2.75) is 13.0 Å². The first-order valence-corrected chi connectivity index (χ1v) is 6.70. The normalized spacial score (nSPS) is 13.9. The summed E-state index contributed by atoms with van der Waals surface area (Å²) < 4.78 is 5.39. The van der Waals surface area contributed by atoms with Gasteiger partial charge in [-0.25, -0.2) is 20.8 Å². The highest BCUT2D eigenvalue weighted by molar-refractivity contribution is 6.35. The van der Waals surface area contributed by atoms with E-state index in [0.717, 1.165) is 11.3 Å². The minimum atomic E-state index is 0.396. The first-order valence-electron chi connectivity index (χ1n) is 5.94. The molecule has 20 heavy (non-hydrogen) atoms. The molecule has 3 N–H and O–H groups in total. The second kappa shape index (κ2) is 5.49. The van der Waals surface area contributed by atoms with Crippen molar-refractivity contribution in [1.82, 2.24) is 15.0 Å². The molecule has 0 amide bonds. The van der Waals surface area contributed by atoms with Crippen molar-refractivity contribution in [3.8, 4) is 11.5 Å². The van der Waals surface area contributed by atoms with Crippen LogP contribution in [0.25, 0.3) is 11.5 Å². The fourth-order valence-corrected chi connectivity index (χ4v) is 2.50. The lowest BCUT2D eigenvalue weighted by Crippen LogP contribution is -2.19. The topological polar surface area (TPSA) is 86.0 Å². The van der Waals surface area contributed by atoms with Crippen molar-refractivity contribution in [3.05, 3.63) is 33.6 Å². The van der Waals surface area contributed by atoms with E-state index in [4.69, 9.17) is 33.8 Å². The Morgan fingerprint density at radius 1 is 1.30 bits per heavy atom. The Hall–Kier alpha value is -1.47. The van der Waals surface area contributed by atoms with Crippen molar-refractivity contribution in [2.24, 2.45) is 5.84 Å². The van der Waals surface area contributed by atoms with E-state index in [9.17, 15) is 0 Å². The van der Waals surface area contributed by atoms with Crippen LogP contribution in [-0.4, -0.2) is 21.6 Å². The van der Waals surface area contributed by atoms with Crippen molar-refractivity contribution in [3.63, 3.8) is 0 Å². The zero-order valence-electron chi connectivity index (χ0n) is 10.4. The highest BCUT2D eigenvalue weighted by Gasteiger charge is 2.20. The zero-order valence-corrected chi connectivity index (χ0v) is 11.9. The monoisotopic (exact) mass is 311 g/mol. The minimum Gasteiger partial charge on any atom is -0.376 e. The summed E-state index contributed by atoms with van der Waals surface area (Å²) >= 11 is 12.0. The lowest BCUT2D eigenvalue weighted by molar-refractivity contribution is 0.109. The average Bonchev–Trinajstić information content (AvgIpc) is 2.46. The third kappa shape index (κ3) is 2.43. The molecule has 0 spiro atoms. The molecule has 2 aromatic rings. The van der Waals surface area contributed by atoms with Crippen LogP contribution in [0.2, 0.25) is 10.0 Å². The van der Waals surface area contributed by atoms with Crippen LogP contribution in [0.1, 0.15) is 11.3 Å². The number of hydrogen-bond acceptors (Lipinski definition) is 6.